The topological polar surface area (TPSA) is 41.8 Å². The first-order valence-corrected chi connectivity index (χ1v) is 15.0. The van der Waals surface area contributed by atoms with E-state index in [0.717, 1.165) is 34.4 Å². The van der Waals surface area contributed by atoms with Crippen molar-refractivity contribution >= 4 is 11.9 Å². The second-order valence-corrected chi connectivity index (χ2v) is 13.7. The summed E-state index contributed by atoms with van der Waals surface area (Å²) < 4.78 is 21.4. The van der Waals surface area contributed by atoms with Crippen LogP contribution in [0.1, 0.15) is 88.5 Å². The molecule has 0 heterocycles. The van der Waals surface area contributed by atoms with Crippen molar-refractivity contribution in [3.63, 3.8) is 0 Å². The Morgan fingerprint density at radius 2 is 1.62 bits per heavy atom. The molecule has 4 fully saturated rings. The summed E-state index contributed by atoms with van der Waals surface area (Å²) in [5.74, 6) is 2.96. The predicted molar refractivity (Wildman–Crippen MR) is 162 cm³/mol. The van der Waals surface area contributed by atoms with E-state index >= 15 is 4.39 Å². The number of benzene rings is 3. The van der Waals surface area contributed by atoms with E-state index in [-0.39, 0.29) is 22.3 Å². The second kappa shape index (κ2) is 10.0. The summed E-state index contributed by atoms with van der Waals surface area (Å²) in [5, 5.41) is 11.8. The lowest BCUT2D eigenvalue weighted by atomic mass is 9.47. The van der Waals surface area contributed by atoms with Crippen molar-refractivity contribution in [2.45, 2.75) is 84.0 Å². The van der Waals surface area contributed by atoms with Crippen LogP contribution < -0.4 is 4.74 Å². The first-order valence-electron chi connectivity index (χ1n) is 15.0. The molecule has 0 saturated heterocycles. The fourth-order valence-corrected chi connectivity index (χ4v) is 8.21. The van der Waals surface area contributed by atoms with Crippen molar-refractivity contribution in [1.82, 2.24) is 0 Å². The molecule has 3 aromatic carbocycles. The summed E-state index contributed by atoms with van der Waals surface area (Å²) in [6, 6.07) is 15.5. The average Bonchev–Trinajstić information content (AvgIpc) is 2.87. The number of aliphatic imine (C=N–C) groups is 1. The van der Waals surface area contributed by atoms with Gasteiger partial charge in [0.15, 0.2) is 0 Å². The first-order chi connectivity index (χ1) is 19.1. The van der Waals surface area contributed by atoms with Crippen LogP contribution in [0.2, 0.25) is 0 Å². The Balaban J connectivity index is 1.47. The molecule has 0 radical (unpaired) electrons. The molecule has 210 valence electrons. The van der Waals surface area contributed by atoms with Crippen LogP contribution >= 0.6 is 0 Å². The van der Waals surface area contributed by atoms with Crippen LogP contribution in [-0.2, 0) is 10.8 Å². The van der Waals surface area contributed by atoms with E-state index in [1.54, 1.807) is 6.21 Å². The molecule has 0 atom stereocenters. The van der Waals surface area contributed by atoms with Gasteiger partial charge >= 0.3 is 0 Å². The van der Waals surface area contributed by atoms with Gasteiger partial charge in [-0.1, -0.05) is 45.0 Å². The number of ether oxygens (including phenoxy) is 1. The SMILES string of the molecule is CCOc1ccccc1-c1cc(C)cc(F)c1N=Cc1cc(C(C)(C)C)cc(C23CC4CC(CC(C4)C2)C3)c1O. The highest BCUT2D eigenvalue weighted by Gasteiger charge is 2.52. The molecule has 0 spiro atoms. The molecule has 4 aliphatic rings. The predicted octanol–water partition coefficient (Wildman–Crippen LogP) is 9.42. The Morgan fingerprint density at radius 1 is 0.975 bits per heavy atom. The molecular formula is C36H42FNO2. The summed E-state index contributed by atoms with van der Waals surface area (Å²) in [7, 11) is 0. The van der Waals surface area contributed by atoms with Gasteiger partial charge < -0.3 is 9.84 Å². The minimum Gasteiger partial charge on any atom is -0.507 e. The highest BCUT2D eigenvalue weighted by Crippen LogP contribution is 2.62. The lowest BCUT2D eigenvalue weighted by Crippen LogP contribution is -2.48. The average molecular weight is 540 g/mol. The molecule has 1 N–H and O–H groups in total. The van der Waals surface area contributed by atoms with Gasteiger partial charge in [0.2, 0.25) is 0 Å². The largest absolute Gasteiger partial charge is 0.507 e. The number of halogens is 1. The summed E-state index contributed by atoms with van der Waals surface area (Å²) in [4.78, 5) is 4.75. The lowest BCUT2D eigenvalue weighted by molar-refractivity contribution is -0.00619. The van der Waals surface area contributed by atoms with Gasteiger partial charge in [-0.25, -0.2) is 4.39 Å². The zero-order chi connectivity index (χ0) is 28.2. The highest BCUT2D eigenvalue weighted by atomic mass is 19.1. The number of aromatic hydroxyl groups is 1. The fourth-order valence-electron chi connectivity index (χ4n) is 8.21. The number of nitrogens with zero attached hydrogens (tertiary/aromatic N) is 1. The molecule has 7 rings (SSSR count). The summed E-state index contributed by atoms with van der Waals surface area (Å²) in [5.41, 5.74) is 5.46. The Labute approximate surface area is 238 Å². The zero-order valence-electron chi connectivity index (χ0n) is 24.6. The third-order valence-corrected chi connectivity index (χ3v) is 9.63. The molecular weight excluding hydrogens is 497 g/mol. The number of aryl methyl sites for hydroxylation is 1. The Bertz CT molecular complexity index is 1430. The molecule has 4 saturated carbocycles. The first kappa shape index (κ1) is 27.1. The van der Waals surface area contributed by atoms with E-state index in [1.807, 2.05) is 50.2 Å². The second-order valence-electron chi connectivity index (χ2n) is 13.7. The molecule has 0 unspecified atom stereocenters. The van der Waals surface area contributed by atoms with Gasteiger partial charge in [-0.15, -0.1) is 0 Å². The van der Waals surface area contributed by atoms with Crippen LogP contribution in [-0.4, -0.2) is 17.9 Å². The molecule has 3 nitrogen and oxygen atoms in total. The number of phenols is 1. The van der Waals surface area contributed by atoms with Crippen LogP contribution in [0.3, 0.4) is 0 Å². The van der Waals surface area contributed by atoms with Gasteiger partial charge in [-0.3, -0.25) is 4.99 Å². The Kier molecular flexibility index (Phi) is 6.79. The van der Waals surface area contributed by atoms with Crippen molar-refractivity contribution in [1.29, 1.82) is 0 Å². The van der Waals surface area contributed by atoms with Crippen LogP contribution in [0.5, 0.6) is 11.5 Å². The van der Waals surface area contributed by atoms with Crippen LogP contribution in [0, 0.1) is 30.5 Å². The molecule has 4 aliphatic carbocycles. The molecule has 4 bridgehead atoms. The van der Waals surface area contributed by atoms with Gasteiger partial charge in [0.25, 0.3) is 0 Å². The van der Waals surface area contributed by atoms with Crippen molar-refractivity contribution < 1.29 is 14.2 Å². The molecule has 0 aliphatic heterocycles. The summed E-state index contributed by atoms with van der Waals surface area (Å²) in [6.07, 6.45) is 9.24. The number of hydrogen-bond acceptors (Lipinski definition) is 3. The van der Waals surface area contributed by atoms with Gasteiger partial charge in [-0.05, 0) is 116 Å². The number of phenolic OH excluding ortho intramolecular Hbond substituents is 1. The molecule has 0 aromatic heterocycles. The highest BCUT2D eigenvalue weighted by molar-refractivity contribution is 5.90. The van der Waals surface area contributed by atoms with E-state index in [9.17, 15) is 5.11 Å². The van der Waals surface area contributed by atoms with Crippen LogP contribution in [0.25, 0.3) is 11.1 Å². The van der Waals surface area contributed by atoms with Crippen molar-refractivity contribution in [2.24, 2.45) is 22.7 Å². The van der Waals surface area contributed by atoms with Crippen molar-refractivity contribution in [3.05, 3.63) is 76.6 Å². The maximum absolute atomic E-state index is 15.6. The monoisotopic (exact) mass is 539 g/mol. The van der Waals surface area contributed by atoms with E-state index < -0.39 is 0 Å². The van der Waals surface area contributed by atoms with Crippen LogP contribution in [0.15, 0.2) is 53.5 Å². The minimum absolute atomic E-state index is 0.0411. The molecule has 3 aromatic rings. The van der Waals surface area contributed by atoms with E-state index in [4.69, 9.17) is 9.73 Å². The molecule has 40 heavy (non-hydrogen) atoms. The van der Waals surface area contributed by atoms with Crippen molar-refractivity contribution in [2.75, 3.05) is 6.61 Å². The minimum atomic E-state index is -0.384. The van der Waals surface area contributed by atoms with Gasteiger partial charge in [-0.2, -0.15) is 0 Å². The van der Waals surface area contributed by atoms with Gasteiger partial charge in [0.05, 0.1) is 6.61 Å². The van der Waals surface area contributed by atoms with E-state index in [0.29, 0.717) is 29.2 Å². The third-order valence-electron chi connectivity index (χ3n) is 9.63. The summed E-state index contributed by atoms with van der Waals surface area (Å²) in [6.45, 7) is 11.0. The Morgan fingerprint density at radius 3 is 2.25 bits per heavy atom. The van der Waals surface area contributed by atoms with Gasteiger partial charge in [0, 0.05) is 28.5 Å². The number of rotatable bonds is 6. The quantitative estimate of drug-likeness (QED) is 0.317. The maximum atomic E-state index is 15.6. The number of hydrogen-bond donors (Lipinski definition) is 1. The molecule has 4 heteroatoms. The summed E-state index contributed by atoms with van der Waals surface area (Å²) >= 11 is 0. The fraction of sp³-hybridized carbons (Fsp3) is 0.472. The third kappa shape index (κ3) is 4.84. The maximum Gasteiger partial charge on any atom is 0.149 e. The Hall–Kier alpha value is -3.14. The van der Waals surface area contributed by atoms with Crippen molar-refractivity contribution in [3.8, 4) is 22.6 Å². The number of para-hydroxylation sites is 1. The normalized spacial score (nSPS) is 25.6. The molecule has 0 amide bonds. The van der Waals surface area contributed by atoms with Crippen LogP contribution in [0.4, 0.5) is 10.1 Å². The zero-order valence-corrected chi connectivity index (χ0v) is 24.6. The standard InChI is InChI=1S/C36H42FNO2/c1-6-40-32-10-8-7-9-28(32)29-11-22(2)12-31(37)33(29)38-21-26-16-27(35(3,4)5)17-30(34(26)39)36-18-23-13-24(19-36)15-25(14-23)20-36/h7-12,16-17,21,23-25,39H,6,13-15,18-20H2,1-5H3. The lowest BCUT2D eigenvalue weighted by Gasteiger charge is -2.57. The smallest absolute Gasteiger partial charge is 0.149 e. The van der Waals surface area contributed by atoms with E-state index in [1.165, 1.54) is 50.2 Å². The van der Waals surface area contributed by atoms with Gasteiger partial charge in [0.1, 0.15) is 23.0 Å². The van der Waals surface area contributed by atoms with E-state index in [2.05, 4.69) is 26.8 Å².